The standard InChI is InChI=1S/C11H19N/c1-6-12-8-10(4)7-11(5)9(2)3/h6-7,12H,1,8H2,2-5H3/b10-7+. The largest absolute Gasteiger partial charge is 0.388 e. The van der Waals surface area contributed by atoms with Gasteiger partial charge in [-0.2, -0.15) is 0 Å². The smallest absolute Gasteiger partial charge is 0.0354 e. The molecule has 0 aromatic heterocycles. The van der Waals surface area contributed by atoms with Crippen LogP contribution in [-0.2, 0) is 0 Å². The minimum absolute atomic E-state index is 0.883. The number of allylic oxidation sites excluding steroid dienone is 3. The molecule has 1 N–H and O–H groups in total. The van der Waals surface area contributed by atoms with E-state index in [2.05, 4.69) is 45.7 Å². The molecule has 0 spiro atoms. The van der Waals surface area contributed by atoms with Gasteiger partial charge in [0, 0.05) is 6.54 Å². The van der Waals surface area contributed by atoms with Crippen LogP contribution in [0.4, 0.5) is 0 Å². The molecule has 0 fully saturated rings. The maximum absolute atomic E-state index is 3.60. The summed E-state index contributed by atoms with van der Waals surface area (Å²) >= 11 is 0. The summed E-state index contributed by atoms with van der Waals surface area (Å²) in [5.74, 6) is 0. The monoisotopic (exact) mass is 165 g/mol. The first-order valence-corrected chi connectivity index (χ1v) is 4.23. The Morgan fingerprint density at radius 2 is 1.83 bits per heavy atom. The predicted molar refractivity (Wildman–Crippen MR) is 56.0 cm³/mol. The van der Waals surface area contributed by atoms with Crippen molar-refractivity contribution in [3.05, 3.63) is 35.6 Å². The highest BCUT2D eigenvalue weighted by Crippen LogP contribution is 2.06. The first kappa shape index (κ1) is 11.0. The molecule has 0 aliphatic rings. The molecule has 0 atom stereocenters. The Balaban J connectivity index is 4.16. The maximum atomic E-state index is 3.60. The SMILES string of the molecule is C=CNC/C(C)=C/C(C)=C(C)C. The van der Waals surface area contributed by atoms with E-state index in [4.69, 9.17) is 0 Å². The Morgan fingerprint density at radius 3 is 2.25 bits per heavy atom. The third-order valence-electron chi connectivity index (χ3n) is 1.78. The Kier molecular flexibility index (Phi) is 5.18. The molecule has 1 nitrogen and oxygen atoms in total. The molecule has 0 amide bonds. The van der Waals surface area contributed by atoms with Crippen molar-refractivity contribution in [1.82, 2.24) is 5.32 Å². The average Bonchev–Trinajstić information content (AvgIpc) is 2.00. The van der Waals surface area contributed by atoms with Gasteiger partial charge in [0.15, 0.2) is 0 Å². The lowest BCUT2D eigenvalue weighted by atomic mass is 10.1. The lowest BCUT2D eigenvalue weighted by molar-refractivity contribution is 0.936. The minimum Gasteiger partial charge on any atom is -0.388 e. The van der Waals surface area contributed by atoms with Crippen LogP contribution in [0.1, 0.15) is 27.7 Å². The summed E-state index contributed by atoms with van der Waals surface area (Å²) in [5.41, 5.74) is 4.04. The van der Waals surface area contributed by atoms with E-state index in [0.29, 0.717) is 0 Å². The molecule has 0 aliphatic carbocycles. The van der Waals surface area contributed by atoms with Crippen LogP contribution in [0.3, 0.4) is 0 Å². The zero-order valence-corrected chi connectivity index (χ0v) is 8.57. The molecule has 0 aliphatic heterocycles. The van der Waals surface area contributed by atoms with Gasteiger partial charge in [-0.1, -0.05) is 29.4 Å². The second-order valence-electron chi connectivity index (χ2n) is 3.26. The van der Waals surface area contributed by atoms with E-state index in [1.165, 1.54) is 16.7 Å². The second kappa shape index (κ2) is 5.64. The summed E-state index contributed by atoms with van der Waals surface area (Å²) < 4.78 is 0. The van der Waals surface area contributed by atoms with Crippen molar-refractivity contribution >= 4 is 0 Å². The van der Waals surface area contributed by atoms with Crippen LogP contribution in [0.25, 0.3) is 0 Å². The predicted octanol–water partition coefficient (Wildman–Crippen LogP) is 3.02. The van der Waals surface area contributed by atoms with Gasteiger partial charge < -0.3 is 5.32 Å². The fourth-order valence-electron chi connectivity index (χ4n) is 0.798. The maximum Gasteiger partial charge on any atom is 0.0354 e. The first-order valence-electron chi connectivity index (χ1n) is 4.23. The summed E-state index contributed by atoms with van der Waals surface area (Å²) in [6.45, 7) is 13.0. The van der Waals surface area contributed by atoms with Crippen molar-refractivity contribution in [2.45, 2.75) is 27.7 Å². The number of hydrogen-bond donors (Lipinski definition) is 1. The van der Waals surface area contributed by atoms with Gasteiger partial charge in [0.25, 0.3) is 0 Å². The summed E-state index contributed by atoms with van der Waals surface area (Å²) in [6.07, 6.45) is 3.92. The van der Waals surface area contributed by atoms with E-state index in [1.807, 2.05) is 0 Å². The quantitative estimate of drug-likeness (QED) is 0.631. The zero-order valence-electron chi connectivity index (χ0n) is 8.57. The summed E-state index contributed by atoms with van der Waals surface area (Å²) in [4.78, 5) is 0. The molecule has 0 heterocycles. The number of nitrogens with one attached hydrogen (secondary N) is 1. The molecule has 68 valence electrons. The molecule has 0 rings (SSSR count). The van der Waals surface area contributed by atoms with Crippen molar-refractivity contribution in [2.75, 3.05) is 6.54 Å². The molecule has 1 heteroatoms. The van der Waals surface area contributed by atoms with Crippen molar-refractivity contribution in [3.8, 4) is 0 Å². The van der Waals surface area contributed by atoms with Crippen LogP contribution in [0, 0.1) is 0 Å². The third-order valence-corrected chi connectivity index (χ3v) is 1.78. The lowest BCUT2D eigenvalue weighted by Crippen LogP contribution is -2.07. The van der Waals surface area contributed by atoms with Gasteiger partial charge in [-0.25, -0.2) is 0 Å². The highest BCUT2D eigenvalue weighted by atomic mass is 14.8. The molecular weight excluding hydrogens is 146 g/mol. The minimum atomic E-state index is 0.883. The van der Waals surface area contributed by atoms with E-state index in [1.54, 1.807) is 6.20 Å². The van der Waals surface area contributed by atoms with Crippen molar-refractivity contribution in [1.29, 1.82) is 0 Å². The van der Waals surface area contributed by atoms with Crippen LogP contribution in [0.15, 0.2) is 35.6 Å². The van der Waals surface area contributed by atoms with Crippen LogP contribution >= 0.6 is 0 Å². The highest BCUT2D eigenvalue weighted by Gasteiger charge is 1.89. The second-order valence-corrected chi connectivity index (χ2v) is 3.26. The average molecular weight is 165 g/mol. The van der Waals surface area contributed by atoms with E-state index >= 15 is 0 Å². The van der Waals surface area contributed by atoms with Crippen LogP contribution < -0.4 is 5.32 Å². The molecule has 0 bridgehead atoms. The van der Waals surface area contributed by atoms with E-state index in [0.717, 1.165) is 6.54 Å². The fourth-order valence-corrected chi connectivity index (χ4v) is 0.798. The molecule has 0 saturated carbocycles. The number of rotatable bonds is 4. The topological polar surface area (TPSA) is 12.0 Å². The molecule has 12 heavy (non-hydrogen) atoms. The Labute approximate surface area is 75.9 Å². The molecule has 0 radical (unpaired) electrons. The van der Waals surface area contributed by atoms with Crippen molar-refractivity contribution in [2.24, 2.45) is 0 Å². The van der Waals surface area contributed by atoms with Crippen molar-refractivity contribution in [3.63, 3.8) is 0 Å². The Morgan fingerprint density at radius 1 is 1.25 bits per heavy atom. The highest BCUT2D eigenvalue weighted by molar-refractivity contribution is 5.25. The van der Waals surface area contributed by atoms with E-state index < -0.39 is 0 Å². The van der Waals surface area contributed by atoms with E-state index in [9.17, 15) is 0 Å². The van der Waals surface area contributed by atoms with Gasteiger partial charge in [-0.3, -0.25) is 0 Å². The Bertz CT molecular complexity index is 205. The van der Waals surface area contributed by atoms with E-state index in [-0.39, 0.29) is 0 Å². The third kappa shape index (κ3) is 4.78. The van der Waals surface area contributed by atoms with Crippen LogP contribution in [0.2, 0.25) is 0 Å². The van der Waals surface area contributed by atoms with Gasteiger partial charge in [0.2, 0.25) is 0 Å². The van der Waals surface area contributed by atoms with Gasteiger partial charge in [0.05, 0.1) is 0 Å². The van der Waals surface area contributed by atoms with Gasteiger partial charge in [-0.05, 0) is 33.9 Å². The lowest BCUT2D eigenvalue weighted by Gasteiger charge is -2.02. The van der Waals surface area contributed by atoms with Crippen molar-refractivity contribution < 1.29 is 0 Å². The fraction of sp³-hybridized carbons (Fsp3) is 0.455. The molecule has 0 aromatic carbocycles. The van der Waals surface area contributed by atoms with Crippen LogP contribution in [0.5, 0.6) is 0 Å². The molecule has 0 saturated heterocycles. The van der Waals surface area contributed by atoms with Crippen LogP contribution in [-0.4, -0.2) is 6.54 Å². The normalized spacial score (nSPS) is 10.8. The first-order chi connectivity index (χ1) is 5.57. The molecular formula is C11H19N. The zero-order chi connectivity index (χ0) is 9.56. The Hall–Kier alpha value is -0.980. The van der Waals surface area contributed by atoms with Gasteiger partial charge in [-0.15, -0.1) is 0 Å². The molecule has 0 aromatic rings. The number of hydrogen-bond acceptors (Lipinski definition) is 1. The summed E-state index contributed by atoms with van der Waals surface area (Å²) in [7, 11) is 0. The molecule has 0 unspecified atom stereocenters. The van der Waals surface area contributed by atoms with Gasteiger partial charge >= 0.3 is 0 Å². The summed E-state index contributed by atoms with van der Waals surface area (Å²) in [5, 5.41) is 3.07. The van der Waals surface area contributed by atoms with Gasteiger partial charge in [0.1, 0.15) is 0 Å². The summed E-state index contributed by atoms with van der Waals surface area (Å²) in [6, 6.07) is 0.